The first-order chi connectivity index (χ1) is 7.85. The van der Waals surface area contributed by atoms with Gasteiger partial charge in [-0.2, -0.15) is 0 Å². The van der Waals surface area contributed by atoms with Gasteiger partial charge in [-0.05, 0) is 43.3 Å². The standard InChI is InChI=1S/C13H19NOS/c1-15-13-8-11(16-2)5-6-12(13)10-4-3-7-14-9-10/h5-6,8,10,14H,3-4,7,9H2,1-2H3. The molecule has 88 valence electrons. The number of ether oxygens (including phenoxy) is 1. The summed E-state index contributed by atoms with van der Waals surface area (Å²) in [6.45, 7) is 2.23. The Balaban J connectivity index is 2.24. The molecule has 1 saturated heterocycles. The summed E-state index contributed by atoms with van der Waals surface area (Å²) in [4.78, 5) is 1.27. The summed E-state index contributed by atoms with van der Waals surface area (Å²) < 4.78 is 5.50. The minimum atomic E-state index is 0.611. The Bertz CT molecular complexity index is 348. The number of thioether (sulfide) groups is 1. The molecule has 0 aliphatic carbocycles. The SMILES string of the molecule is COc1cc(SC)ccc1C1CCCNC1. The molecular formula is C13H19NOS. The highest BCUT2D eigenvalue weighted by atomic mass is 32.2. The monoisotopic (exact) mass is 237 g/mol. The van der Waals surface area contributed by atoms with E-state index in [9.17, 15) is 0 Å². The number of rotatable bonds is 3. The van der Waals surface area contributed by atoms with Crippen LogP contribution >= 0.6 is 11.8 Å². The van der Waals surface area contributed by atoms with Crippen LogP contribution in [-0.4, -0.2) is 26.5 Å². The average molecular weight is 237 g/mol. The molecular weight excluding hydrogens is 218 g/mol. The van der Waals surface area contributed by atoms with Crippen molar-refractivity contribution in [1.82, 2.24) is 5.32 Å². The quantitative estimate of drug-likeness (QED) is 0.817. The predicted octanol–water partition coefficient (Wildman–Crippen LogP) is 2.88. The molecule has 0 amide bonds. The zero-order valence-electron chi connectivity index (χ0n) is 9.95. The van der Waals surface area contributed by atoms with E-state index >= 15 is 0 Å². The van der Waals surface area contributed by atoms with Crippen LogP contribution in [0.2, 0.25) is 0 Å². The summed E-state index contributed by atoms with van der Waals surface area (Å²) >= 11 is 1.76. The van der Waals surface area contributed by atoms with E-state index in [1.165, 1.54) is 23.3 Å². The van der Waals surface area contributed by atoms with E-state index in [4.69, 9.17) is 4.74 Å². The Kier molecular flexibility index (Phi) is 4.13. The fraction of sp³-hybridized carbons (Fsp3) is 0.538. The fourth-order valence-corrected chi connectivity index (χ4v) is 2.70. The molecule has 1 aromatic carbocycles. The van der Waals surface area contributed by atoms with E-state index in [1.54, 1.807) is 18.9 Å². The van der Waals surface area contributed by atoms with Crippen LogP contribution in [0.15, 0.2) is 23.1 Å². The first kappa shape index (κ1) is 11.8. The van der Waals surface area contributed by atoms with Crippen LogP contribution in [0.25, 0.3) is 0 Å². The van der Waals surface area contributed by atoms with Crippen LogP contribution in [0.3, 0.4) is 0 Å². The van der Waals surface area contributed by atoms with Crippen molar-refractivity contribution in [3.05, 3.63) is 23.8 Å². The molecule has 0 saturated carbocycles. The summed E-state index contributed by atoms with van der Waals surface area (Å²) in [7, 11) is 1.76. The van der Waals surface area contributed by atoms with Crippen molar-refractivity contribution in [3.8, 4) is 5.75 Å². The number of benzene rings is 1. The minimum Gasteiger partial charge on any atom is -0.496 e. The maximum atomic E-state index is 5.50. The van der Waals surface area contributed by atoms with Gasteiger partial charge in [0.25, 0.3) is 0 Å². The highest BCUT2D eigenvalue weighted by Gasteiger charge is 2.18. The van der Waals surface area contributed by atoms with Crippen molar-refractivity contribution in [3.63, 3.8) is 0 Å². The Morgan fingerprint density at radius 2 is 2.31 bits per heavy atom. The van der Waals surface area contributed by atoms with Crippen molar-refractivity contribution in [1.29, 1.82) is 0 Å². The Hall–Kier alpha value is -0.670. The van der Waals surface area contributed by atoms with Crippen molar-refractivity contribution < 1.29 is 4.74 Å². The maximum Gasteiger partial charge on any atom is 0.123 e. The summed E-state index contributed by atoms with van der Waals surface area (Å²) in [6.07, 6.45) is 4.62. The second-order valence-corrected chi connectivity index (χ2v) is 5.03. The number of methoxy groups -OCH3 is 1. The molecule has 3 heteroatoms. The molecule has 0 bridgehead atoms. The van der Waals surface area contributed by atoms with Gasteiger partial charge in [-0.1, -0.05) is 6.07 Å². The Labute approximate surface area is 102 Å². The lowest BCUT2D eigenvalue weighted by atomic mass is 9.91. The van der Waals surface area contributed by atoms with Gasteiger partial charge in [0.2, 0.25) is 0 Å². The highest BCUT2D eigenvalue weighted by Crippen LogP contribution is 2.33. The molecule has 1 N–H and O–H groups in total. The van der Waals surface area contributed by atoms with Gasteiger partial charge in [-0.3, -0.25) is 0 Å². The molecule has 1 atom stereocenters. The normalized spacial score (nSPS) is 20.8. The van der Waals surface area contributed by atoms with Crippen molar-refractivity contribution in [2.75, 3.05) is 26.5 Å². The van der Waals surface area contributed by atoms with Crippen LogP contribution in [0, 0.1) is 0 Å². The number of hydrogen-bond acceptors (Lipinski definition) is 3. The molecule has 16 heavy (non-hydrogen) atoms. The van der Waals surface area contributed by atoms with Crippen LogP contribution in [-0.2, 0) is 0 Å². The predicted molar refractivity (Wildman–Crippen MR) is 69.6 cm³/mol. The van der Waals surface area contributed by atoms with Crippen LogP contribution < -0.4 is 10.1 Å². The summed E-state index contributed by atoms with van der Waals surface area (Å²) in [6, 6.07) is 6.56. The van der Waals surface area contributed by atoms with E-state index in [1.807, 2.05) is 0 Å². The third-order valence-corrected chi connectivity index (χ3v) is 3.90. The topological polar surface area (TPSA) is 21.3 Å². The van der Waals surface area contributed by atoms with Gasteiger partial charge in [0.1, 0.15) is 5.75 Å². The molecule has 1 aromatic rings. The highest BCUT2D eigenvalue weighted by molar-refractivity contribution is 7.98. The maximum absolute atomic E-state index is 5.50. The van der Waals surface area contributed by atoms with E-state index in [0.717, 1.165) is 18.8 Å². The zero-order chi connectivity index (χ0) is 11.4. The van der Waals surface area contributed by atoms with Gasteiger partial charge >= 0.3 is 0 Å². The minimum absolute atomic E-state index is 0.611. The molecule has 0 aromatic heterocycles. The van der Waals surface area contributed by atoms with E-state index < -0.39 is 0 Å². The molecule has 1 aliphatic heterocycles. The third-order valence-electron chi connectivity index (χ3n) is 3.18. The average Bonchev–Trinajstić information content (AvgIpc) is 2.39. The second-order valence-electron chi connectivity index (χ2n) is 4.15. The van der Waals surface area contributed by atoms with Crippen LogP contribution in [0.5, 0.6) is 5.75 Å². The lowest BCUT2D eigenvalue weighted by molar-refractivity contribution is 0.391. The molecule has 1 heterocycles. The molecule has 2 rings (SSSR count). The molecule has 0 radical (unpaired) electrons. The molecule has 0 spiro atoms. The number of hydrogen-bond donors (Lipinski definition) is 1. The van der Waals surface area contributed by atoms with Crippen LogP contribution in [0.1, 0.15) is 24.3 Å². The van der Waals surface area contributed by atoms with Crippen molar-refractivity contribution in [2.45, 2.75) is 23.7 Å². The fourth-order valence-electron chi connectivity index (χ4n) is 2.27. The summed E-state index contributed by atoms with van der Waals surface area (Å²) in [5.74, 6) is 1.65. The molecule has 1 fully saturated rings. The molecule has 1 aliphatic rings. The molecule has 1 unspecified atom stereocenters. The first-order valence-electron chi connectivity index (χ1n) is 5.78. The summed E-state index contributed by atoms with van der Waals surface area (Å²) in [5, 5.41) is 3.45. The number of nitrogens with one attached hydrogen (secondary N) is 1. The van der Waals surface area contributed by atoms with E-state index in [-0.39, 0.29) is 0 Å². The van der Waals surface area contributed by atoms with Gasteiger partial charge in [-0.25, -0.2) is 0 Å². The lowest BCUT2D eigenvalue weighted by Crippen LogP contribution is -2.28. The van der Waals surface area contributed by atoms with E-state index in [2.05, 4.69) is 29.8 Å². The van der Waals surface area contributed by atoms with Gasteiger partial charge in [0, 0.05) is 17.4 Å². The van der Waals surface area contributed by atoms with Gasteiger partial charge in [0.05, 0.1) is 7.11 Å². The zero-order valence-corrected chi connectivity index (χ0v) is 10.8. The van der Waals surface area contributed by atoms with Crippen molar-refractivity contribution >= 4 is 11.8 Å². The van der Waals surface area contributed by atoms with Crippen molar-refractivity contribution in [2.24, 2.45) is 0 Å². The Morgan fingerprint density at radius 1 is 1.44 bits per heavy atom. The first-order valence-corrected chi connectivity index (χ1v) is 7.00. The second kappa shape index (κ2) is 5.60. The Morgan fingerprint density at radius 3 is 2.94 bits per heavy atom. The largest absolute Gasteiger partial charge is 0.496 e. The van der Waals surface area contributed by atoms with Gasteiger partial charge < -0.3 is 10.1 Å². The smallest absolute Gasteiger partial charge is 0.123 e. The lowest BCUT2D eigenvalue weighted by Gasteiger charge is -2.24. The van der Waals surface area contributed by atoms with E-state index in [0.29, 0.717) is 5.92 Å². The molecule has 2 nitrogen and oxygen atoms in total. The van der Waals surface area contributed by atoms with Crippen LogP contribution in [0.4, 0.5) is 0 Å². The summed E-state index contributed by atoms with van der Waals surface area (Å²) in [5.41, 5.74) is 1.35. The third kappa shape index (κ3) is 2.53. The van der Waals surface area contributed by atoms with Gasteiger partial charge in [-0.15, -0.1) is 11.8 Å². The number of piperidine rings is 1. The van der Waals surface area contributed by atoms with Gasteiger partial charge in [0.15, 0.2) is 0 Å².